The van der Waals surface area contributed by atoms with Crippen LogP contribution in [0.2, 0.25) is 15.5 Å². The highest BCUT2D eigenvalue weighted by atomic mass is 35.5. The summed E-state index contributed by atoms with van der Waals surface area (Å²) in [6, 6.07) is 14.6. The number of hydrogen-bond donors (Lipinski definition) is 3. The summed E-state index contributed by atoms with van der Waals surface area (Å²) in [5.74, 6) is 0.205. The highest BCUT2D eigenvalue weighted by molar-refractivity contribution is 6.29. The third-order valence-corrected chi connectivity index (χ3v) is 11.5. The summed E-state index contributed by atoms with van der Waals surface area (Å²) < 4.78 is 0. The van der Waals surface area contributed by atoms with Gasteiger partial charge < -0.3 is 30.7 Å². The van der Waals surface area contributed by atoms with Gasteiger partial charge in [0.05, 0.1) is 18.1 Å². The Morgan fingerprint density at radius 2 is 0.810 bits per heavy atom. The number of guanidine groups is 3. The van der Waals surface area contributed by atoms with Crippen LogP contribution < -0.4 is 16.0 Å². The van der Waals surface area contributed by atoms with Crippen LogP contribution in [0.25, 0.3) is 0 Å². The van der Waals surface area contributed by atoms with Gasteiger partial charge in [0.15, 0.2) is 15.1 Å². The van der Waals surface area contributed by atoms with Crippen molar-refractivity contribution in [2.45, 2.75) is 56.7 Å². The van der Waals surface area contributed by atoms with Gasteiger partial charge in [-0.3, -0.25) is 0 Å². The average Bonchev–Trinajstić information content (AvgIpc) is 3.26. The molecule has 3 fully saturated rings. The maximum absolute atomic E-state index is 12.0. The number of pyridine rings is 3. The monoisotopic (exact) mass is 921 g/mol. The van der Waals surface area contributed by atoms with Crippen molar-refractivity contribution in [3.8, 4) is 0 Å². The molecule has 0 aliphatic carbocycles. The van der Waals surface area contributed by atoms with E-state index in [-0.39, 0.29) is 17.9 Å². The molecule has 4 aromatic rings. The average molecular weight is 923 g/mol. The Bertz CT molecular complexity index is 2100. The smallest absolute Gasteiger partial charge is 0.271 e. The topological polar surface area (TPSA) is 251 Å². The summed E-state index contributed by atoms with van der Waals surface area (Å²) in [6.07, 6.45) is 7.73. The van der Waals surface area contributed by atoms with Crippen molar-refractivity contribution in [1.29, 1.82) is 0 Å². The zero-order chi connectivity index (χ0) is 44.5. The zero-order valence-electron chi connectivity index (χ0n) is 33.6. The van der Waals surface area contributed by atoms with Crippen molar-refractivity contribution in [3.63, 3.8) is 0 Å². The lowest BCUT2D eigenvalue weighted by Crippen LogP contribution is -2.51. The van der Waals surface area contributed by atoms with E-state index in [4.69, 9.17) is 34.8 Å². The van der Waals surface area contributed by atoms with Gasteiger partial charge in [0.2, 0.25) is 0 Å². The van der Waals surface area contributed by atoms with Crippen LogP contribution >= 0.6 is 34.8 Å². The van der Waals surface area contributed by atoms with Gasteiger partial charge in [-0.1, -0.05) is 71.2 Å². The summed E-state index contributed by atoms with van der Waals surface area (Å²) in [5.41, 5.74) is 4.42. The molecule has 1 aromatic carbocycles. The number of aromatic nitrogens is 3. The molecule has 3 aliphatic rings. The van der Waals surface area contributed by atoms with E-state index in [0.29, 0.717) is 110 Å². The molecule has 0 radical (unpaired) electrons. The zero-order valence-corrected chi connectivity index (χ0v) is 35.9. The highest BCUT2D eigenvalue weighted by Crippen LogP contribution is 2.38. The number of hydrogen-bond acceptors (Lipinski definition) is 9. The predicted octanol–water partition coefficient (Wildman–Crippen LogP) is 5.21. The molecule has 7 rings (SSSR count). The lowest BCUT2D eigenvalue weighted by molar-refractivity contribution is -0.486. The van der Waals surface area contributed by atoms with Crippen LogP contribution in [0.1, 0.15) is 70.8 Å². The molecule has 3 atom stereocenters. The Labute approximate surface area is 375 Å². The summed E-state index contributed by atoms with van der Waals surface area (Å²) in [6.45, 7) is 2.57. The Morgan fingerprint density at radius 3 is 1.05 bits per heavy atom. The van der Waals surface area contributed by atoms with Gasteiger partial charge in [0, 0.05) is 57.9 Å². The van der Waals surface area contributed by atoms with Gasteiger partial charge in [-0.2, -0.15) is 0 Å². The number of nitrogens with zero attached hydrogens (tertiary/aromatic N) is 12. The van der Waals surface area contributed by atoms with Crippen molar-refractivity contribution >= 4 is 52.7 Å². The molecule has 3 aromatic heterocycles. The Balaban J connectivity index is 1.50. The number of rotatable bonds is 15. The molecule has 3 saturated heterocycles. The normalized spacial score (nSPS) is 18.9. The molecule has 63 heavy (non-hydrogen) atoms. The molecule has 3 N–H and O–H groups in total. The maximum Gasteiger partial charge on any atom is 0.271 e. The van der Waals surface area contributed by atoms with Crippen LogP contribution in [0.4, 0.5) is 0 Å². The van der Waals surface area contributed by atoms with Crippen molar-refractivity contribution in [3.05, 3.63) is 152 Å². The highest BCUT2D eigenvalue weighted by Gasteiger charge is 2.35. The summed E-state index contributed by atoms with van der Waals surface area (Å²) in [7, 11) is 0. The van der Waals surface area contributed by atoms with Gasteiger partial charge in [0.25, 0.3) is 17.9 Å². The summed E-state index contributed by atoms with van der Waals surface area (Å²) >= 11 is 18.7. The first-order valence-electron chi connectivity index (χ1n) is 20.1. The largest absolute Gasteiger partial charge is 0.351 e. The van der Waals surface area contributed by atoms with E-state index < -0.39 is 33.2 Å². The van der Waals surface area contributed by atoms with Gasteiger partial charge in [-0.15, -0.1) is 0 Å². The minimum Gasteiger partial charge on any atom is -0.351 e. The second-order valence-electron chi connectivity index (χ2n) is 15.0. The number of nitrogens with one attached hydrogen (secondary N) is 3. The quantitative estimate of drug-likeness (QED) is 0.0786. The fraction of sp³-hybridized carbons (Fsp3) is 0.385. The molecule has 0 bridgehead atoms. The minimum absolute atomic E-state index is 0.0685. The fourth-order valence-electron chi connectivity index (χ4n) is 8.15. The van der Waals surface area contributed by atoms with Crippen LogP contribution in [0.3, 0.4) is 0 Å². The minimum atomic E-state index is -0.741. The van der Waals surface area contributed by atoms with E-state index >= 15 is 0 Å². The van der Waals surface area contributed by atoms with Crippen molar-refractivity contribution < 1.29 is 15.1 Å². The van der Waals surface area contributed by atoms with Gasteiger partial charge in [-0.25, -0.2) is 45.3 Å². The molecular weight excluding hydrogens is 881 g/mol. The van der Waals surface area contributed by atoms with Crippen LogP contribution in [0, 0.1) is 30.3 Å². The third kappa shape index (κ3) is 11.7. The van der Waals surface area contributed by atoms with Crippen molar-refractivity contribution in [1.82, 2.24) is 45.6 Å². The number of hydrazone groups is 3. The first kappa shape index (κ1) is 44.6. The molecule has 21 nitrogen and oxygen atoms in total. The van der Waals surface area contributed by atoms with E-state index in [1.165, 1.54) is 0 Å². The summed E-state index contributed by atoms with van der Waals surface area (Å²) in [4.78, 5) is 54.4. The second kappa shape index (κ2) is 20.6. The number of nitro groups is 3. The fourth-order valence-corrected chi connectivity index (χ4v) is 8.48. The lowest BCUT2D eigenvalue weighted by Gasteiger charge is -2.40. The molecule has 3 aliphatic heterocycles. The number of halogens is 3. The van der Waals surface area contributed by atoms with Gasteiger partial charge >= 0.3 is 0 Å². The molecule has 0 amide bonds. The SMILES string of the molecule is O=[N+]([O-])N=C1NCCCN1C(Cc1ccc(Cl)nc1)c1cc(C(Cc2ccc(Cl)nc2)N2CCCNC2=N[N+](=O)[O-])cc(C(Cc2ccc(Cl)nc2)N2CCCNC2=N[N+](=O)[O-])c1. The first-order chi connectivity index (χ1) is 30.4. The van der Waals surface area contributed by atoms with E-state index in [1.54, 1.807) is 36.8 Å². The third-order valence-electron chi connectivity index (χ3n) is 10.9. The molecule has 330 valence electrons. The Hall–Kier alpha value is -6.45. The van der Waals surface area contributed by atoms with Crippen LogP contribution in [0.5, 0.6) is 0 Å². The maximum atomic E-state index is 12.0. The molecule has 6 heterocycles. The molecule has 3 unspecified atom stereocenters. The van der Waals surface area contributed by atoms with Crippen molar-refractivity contribution in [2.75, 3.05) is 39.3 Å². The predicted molar refractivity (Wildman–Crippen MR) is 235 cm³/mol. The molecule has 24 heteroatoms. The first-order valence-corrected chi connectivity index (χ1v) is 21.2. The number of benzene rings is 1. The molecule has 0 saturated carbocycles. The molecule has 0 spiro atoms. The van der Waals surface area contributed by atoms with E-state index in [9.17, 15) is 30.3 Å². The Kier molecular flexibility index (Phi) is 14.6. The molecular formula is C39H42Cl3N15O6. The van der Waals surface area contributed by atoms with Crippen LogP contribution in [-0.2, 0) is 19.3 Å². The van der Waals surface area contributed by atoms with E-state index in [1.807, 2.05) is 51.1 Å². The second-order valence-corrected chi connectivity index (χ2v) is 16.1. The lowest BCUT2D eigenvalue weighted by atomic mass is 9.87. The van der Waals surface area contributed by atoms with Gasteiger partial charge in [-0.05, 0) is 90.1 Å². The van der Waals surface area contributed by atoms with E-state index in [2.05, 4.69) is 46.2 Å². The Morgan fingerprint density at radius 1 is 0.524 bits per heavy atom. The van der Waals surface area contributed by atoms with Crippen LogP contribution in [0.15, 0.2) is 88.5 Å². The van der Waals surface area contributed by atoms with Crippen LogP contribution in [-0.4, -0.2) is 102 Å². The van der Waals surface area contributed by atoms with Crippen molar-refractivity contribution in [2.24, 2.45) is 15.3 Å². The van der Waals surface area contributed by atoms with E-state index in [0.717, 1.165) is 16.7 Å². The standard InChI is InChI=1S/C39H42Cl3N15O6/c40-34-7-4-25(22-46-34)16-31(52-13-1-10-43-37(52)49-55(58)59)28-19-29(32(17-26-5-8-35(41)47-23-26)53-14-2-11-44-38(53)50-56(60)61)21-30(20-28)33(18-27-6-9-36(42)48-24-27)54-15-3-12-45-39(54)51-57(62)63/h4-9,19-24,31-33H,1-3,10-18H2,(H,43,49)(H,44,50)(H,45,51). The summed E-state index contributed by atoms with van der Waals surface area (Å²) in [5, 5.41) is 55.2. The van der Waals surface area contributed by atoms with Gasteiger partial charge in [0.1, 0.15) is 30.8 Å².